The largest absolute Gasteiger partial charge is 0.492 e. The summed E-state index contributed by atoms with van der Waals surface area (Å²) in [6.07, 6.45) is 15.8. The second kappa shape index (κ2) is 15.7. The number of carbonyl (C=O) groups excluding carboxylic acids is 3. The lowest BCUT2D eigenvalue weighted by Gasteiger charge is -2.52. The van der Waals surface area contributed by atoms with Gasteiger partial charge in [-0.05, 0) is 138 Å². The Balaban J connectivity index is 0.600. The number of rotatable bonds is 5. The third-order valence-corrected chi connectivity index (χ3v) is 18.7. The molecule has 4 saturated heterocycles. The van der Waals surface area contributed by atoms with E-state index >= 15 is 0 Å². The summed E-state index contributed by atoms with van der Waals surface area (Å²) in [6.45, 7) is 7.88. The van der Waals surface area contributed by atoms with Gasteiger partial charge in [0.1, 0.15) is 17.6 Å². The molecule has 3 amide bonds. The molecule has 2 spiro atoms. The SMILES string of the molecule is O=C1CC[C@H](N2Cc3c(ccc4c3OCC43CCN(C4CCC(N5CC(N6CCC(c7ccc8c(c7)C7(CCCCC7)c7nc(=O)c9c(Cl)cccc9n7-8)CC6)C5)CC4)CC3)C2=O)C(=O)N1. The molecule has 13 heteroatoms. The highest BCUT2D eigenvalue weighted by atomic mass is 35.5. The van der Waals surface area contributed by atoms with Gasteiger partial charge < -0.3 is 14.5 Å². The van der Waals surface area contributed by atoms with Gasteiger partial charge in [-0.2, -0.15) is 4.98 Å². The number of ether oxygens (including phenoxy) is 1. The number of carbonyl (C=O) groups is 3. The van der Waals surface area contributed by atoms with Crippen molar-refractivity contribution < 1.29 is 19.1 Å². The Morgan fingerprint density at radius 2 is 1.48 bits per heavy atom. The lowest BCUT2D eigenvalue weighted by Crippen LogP contribution is -2.63. The van der Waals surface area contributed by atoms with Gasteiger partial charge in [-0.15, -0.1) is 0 Å². The van der Waals surface area contributed by atoms with Crippen molar-refractivity contribution in [2.24, 2.45) is 0 Å². The van der Waals surface area contributed by atoms with E-state index in [1.54, 1.807) is 11.0 Å². The molecule has 344 valence electrons. The van der Waals surface area contributed by atoms with Crippen molar-refractivity contribution in [3.8, 4) is 11.4 Å². The van der Waals surface area contributed by atoms with Gasteiger partial charge >= 0.3 is 0 Å². The van der Waals surface area contributed by atoms with E-state index in [4.69, 9.17) is 21.3 Å². The van der Waals surface area contributed by atoms with Crippen molar-refractivity contribution in [3.63, 3.8) is 0 Å². The molecule has 1 atom stereocenters. The van der Waals surface area contributed by atoms with Crippen LogP contribution in [0.1, 0.15) is 141 Å². The van der Waals surface area contributed by atoms with E-state index in [1.807, 2.05) is 18.2 Å². The first kappa shape index (κ1) is 41.6. The summed E-state index contributed by atoms with van der Waals surface area (Å²) in [6, 6.07) is 18.5. The third-order valence-electron chi connectivity index (χ3n) is 18.4. The van der Waals surface area contributed by atoms with Crippen molar-refractivity contribution in [1.82, 2.24) is 34.5 Å². The Morgan fingerprint density at radius 1 is 0.742 bits per heavy atom. The van der Waals surface area contributed by atoms with Gasteiger partial charge in [0, 0.05) is 59.7 Å². The zero-order valence-corrected chi connectivity index (χ0v) is 38.6. The molecular formula is C53H60ClN7O5. The van der Waals surface area contributed by atoms with Crippen LogP contribution in [-0.4, -0.2) is 117 Å². The highest BCUT2D eigenvalue weighted by molar-refractivity contribution is 6.35. The zero-order valence-electron chi connectivity index (χ0n) is 37.9. The van der Waals surface area contributed by atoms with Crippen molar-refractivity contribution >= 4 is 40.2 Å². The zero-order chi connectivity index (χ0) is 44.5. The minimum absolute atomic E-state index is 0.0261. The molecule has 7 aliphatic heterocycles. The molecule has 12 nitrogen and oxygen atoms in total. The van der Waals surface area contributed by atoms with E-state index < -0.39 is 6.04 Å². The molecule has 13 rings (SSSR count). The van der Waals surface area contributed by atoms with Gasteiger partial charge in [-0.3, -0.25) is 38.9 Å². The minimum atomic E-state index is -0.617. The van der Waals surface area contributed by atoms with Crippen molar-refractivity contribution in [3.05, 3.63) is 97.5 Å². The molecule has 0 radical (unpaired) electrons. The van der Waals surface area contributed by atoms with Gasteiger partial charge in [-0.25, -0.2) is 0 Å². The van der Waals surface area contributed by atoms with Gasteiger partial charge in [0.05, 0.1) is 40.2 Å². The summed E-state index contributed by atoms with van der Waals surface area (Å²) in [5.41, 5.74) is 7.22. The highest BCUT2D eigenvalue weighted by Gasteiger charge is 2.50. The number of fused-ring (bicyclic) bond motifs is 11. The van der Waals surface area contributed by atoms with Crippen LogP contribution in [0.5, 0.6) is 5.75 Å². The number of halogens is 1. The lowest BCUT2D eigenvalue weighted by atomic mass is 9.69. The molecule has 3 aromatic carbocycles. The minimum Gasteiger partial charge on any atom is -0.492 e. The summed E-state index contributed by atoms with van der Waals surface area (Å²) in [5, 5.41) is 3.41. The molecular weight excluding hydrogens is 850 g/mol. The molecule has 2 aliphatic carbocycles. The van der Waals surface area contributed by atoms with Crippen LogP contribution in [0.15, 0.2) is 53.3 Å². The second-order valence-corrected chi connectivity index (χ2v) is 21.9. The van der Waals surface area contributed by atoms with Crippen LogP contribution in [0.2, 0.25) is 5.02 Å². The molecule has 9 aliphatic rings. The van der Waals surface area contributed by atoms with E-state index in [1.165, 1.54) is 80.4 Å². The lowest BCUT2D eigenvalue weighted by molar-refractivity contribution is -0.136. The molecule has 0 unspecified atom stereocenters. The Labute approximate surface area is 391 Å². The molecule has 0 bridgehead atoms. The van der Waals surface area contributed by atoms with Crippen LogP contribution in [0.25, 0.3) is 16.6 Å². The van der Waals surface area contributed by atoms with E-state index in [0.717, 1.165) is 87.4 Å². The normalized spacial score (nSPS) is 27.7. The Hall–Kier alpha value is -4.62. The number of amides is 3. The van der Waals surface area contributed by atoms with Crippen LogP contribution in [0.3, 0.4) is 0 Å². The Morgan fingerprint density at radius 3 is 2.24 bits per heavy atom. The maximum atomic E-state index is 13.5. The molecule has 8 heterocycles. The van der Waals surface area contributed by atoms with Gasteiger partial charge in [0.15, 0.2) is 0 Å². The van der Waals surface area contributed by atoms with Crippen molar-refractivity contribution in [1.29, 1.82) is 0 Å². The number of likely N-dealkylation sites (tertiary alicyclic amines) is 3. The number of aromatic nitrogens is 2. The van der Waals surface area contributed by atoms with Crippen LogP contribution < -0.4 is 15.6 Å². The average Bonchev–Trinajstić information content (AvgIpc) is 3.94. The summed E-state index contributed by atoms with van der Waals surface area (Å²) < 4.78 is 8.73. The fraction of sp³-hybridized carbons (Fsp3) is 0.566. The summed E-state index contributed by atoms with van der Waals surface area (Å²) >= 11 is 6.60. The van der Waals surface area contributed by atoms with Gasteiger partial charge in [-0.1, -0.05) is 55.1 Å². The second-order valence-electron chi connectivity index (χ2n) is 21.5. The van der Waals surface area contributed by atoms with Gasteiger partial charge in [0.25, 0.3) is 11.5 Å². The predicted octanol–water partition coefficient (Wildman–Crippen LogP) is 6.96. The summed E-state index contributed by atoms with van der Waals surface area (Å²) in [5.74, 6) is 1.54. The predicted molar refractivity (Wildman–Crippen MR) is 252 cm³/mol. The summed E-state index contributed by atoms with van der Waals surface area (Å²) in [7, 11) is 0. The highest BCUT2D eigenvalue weighted by Crippen LogP contribution is 2.53. The van der Waals surface area contributed by atoms with Crippen LogP contribution in [-0.2, 0) is 27.0 Å². The number of benzene rings is 3. The first-order valence-corrected chi connectivity index (χ1v) is 25.6. The van der Waals surface area contributed by atoms with Crippen LogP contribution in [0, 0.1) is 0 Å². The van der Waals surface area contributed by atoms with E-state index in [9.17, 15) is 19.2 Å². The fourth-order valence-corrected chi connectivity index (χ4v) is 14.8. The molecule has 6 fully saturated rings. The molecule has 1 N–H and O–H groups in total. The summed E-state index contributed by atoms with van der Waals surface area (Å²) in [4.78, 5) is 66.1. The maximum Gasteiger partial charge on any atom is 0.282 e. The van der Waals surface area contributed by atoms with Crippen molar-refractivity contribution in [2.75, 3.05) is 45.9 Å². The Bertz CT molecular complexity index is 2740. The smallest absolute Gasteiger partial charge is 0.282 e. The molecule has 4 aromatic rings. The number of piperidine rings is 3. The number of imide groups is 1. The molecule has 2 saturated carbocycles. The van der Waals surface area contributed by atoms with E-state index in [-0.39, 0.29) is 40.5 Å². The number of nitrogens with zero attached hydrogens (tertiary/aromatic N) is 6. The van der Waals surface area contributed by atoms with E-state index in [2.05, 4.69) is 48.8 Å². The monoisotopic (exact) mass is 909 g/mol. The topological polar surface area (TPSA) is 120 Å². The maximum absolute atomic E-state index is 13.5. The standard InChI is InChI=1S/C53H60ClN7O5/c54-41-5-4-6-43-46(41)49(64)56-51-53(19-2-1-3-20-53)40-27-33(7-14-42(40)61(43)51)32-17-23-57(24-18-32)36-28-59(29-36)35-10-8-34(9-11-35)58-25-21-52(22-26-58)31-66-47-38-30-60(44-15-16-45(62)55-48(44)63)50(65)37(38)12-13-39(47)52/h4-7,12-14,27,32,34-36,44H,1-3,8-11,15-26,28-31H2,(H,55,62,63)/t34?,35?,44-/m0/s1. The van der Waals surface area contributed by atoms with E-state index in [0.29, 0.717) is 59.6 Å². The van der Waals surface area contributed by atoms with Crippen molar-refractivity contribution in [2.45, 2.75) is 144 Å². The molecule has 66 heavy (non-hydrogen) atoms. The van der Waals surface area contributed by atoms with Gasteiger partial charge in [0.2, 0.25) is 11.8 Å². The van der Waals surface area contributed by atoms with Crippen LogP contribution >= 0.6 is 11.6 Å². The van der Waals surface area contributed by atoms with Crippen LogP contribution in [0.4, 0.5) is 0 Å². The number of hydrogen-bond acceptors (Lipinski definition) is 9. The number of hydrogen-bond donors (Lipinski definition) is 1. The fourth-order valence-electron chi connectivity index (χ4n) is 14.6. The molecule has 1 aromatic heterocycles. The first-order valence-electron chi connectivity index (χ1n) is 25.2. The quantitative estimate of drug-likeness (QED) is 0.212. The third kappa shape index (κ3) is 6.36. The number of nitrogens with one attached hydrogen (secondary N) is 1. The first-order chi connectivity index (χ1) is 32.2. The Kier molecular flexibility index (Phi) is 9.90. The average molecular weight is 911 g/mol.